The molecule has 5 heteroatoms. The van der Waals surface area contributed by atoms with Crippen LogP contribution in [-0.4, -0.2) is 4.66 Å². The maximum atomic E-state index is 8.60. The highest BCUT2D eigenvalue weighted by Gasteiger charge is 1.98. The smallest absolute Gasteiger partial charge is 0.0777 e. The molecule has 62 valence electrons. The summed E-state index contributed by atoms with van der Waals surface area (Å²) in [6, 6.07) is 12.0. The molecule has 0 aliphatic rings. The molecule has 11 heavy (non-hydrogen) atoms. The monoisotopic (exact) mass is 178 g/mol. The summed E-state index contributed by atoms with van der Waals surface area (Å²) in [6.07, 6.45) is 0. The van der Waals surface area contributed by atoms with Gasteiger partial charge < -0.3 is 0 Å². The number of hydrogen-bond donors (Lipinski definition) is 1. The molecule has 0 aliphatic carbocycles. The van der Waals surface area contributed by atoms with Crippen LogP contribution in [0.2, 0.25) is 0 Å². The summed E-state index contributed by atoms with van der Waals surface area (Å²) in [6.45, 7) is 0. The van der Waals surface area contributed by atoms with Gasteiger partial charge in [-0.1, -0.05) is 36.4 Å². The standard InChI is InChI=1S/C6H6.ClHO4/c1-2-4-6-5-3-1;2-1(3,4)5/h1-6H;(H,2,3,4,5). The third kappa shape index (κ3) is 17.6. The lowest BCUT2D eigenvalue weighted by molar-refractivity contribution is -1.92. The first-order chi connectivity index (χ1) is 5.00. The van der Waals surface area contributed by atoms with Crippen LogP contribution in [0.25, 0.3) is 0 Å². The van der Waals surface area contributed by atoms with E-state index in [1.165, 1.54) is 0 Å². The SMILES string of the molecule is [O-][Cl+3]([O-])([O-])O.c1ccccc1. The van der Waals surface area contributed by atoms with Gasteiger partial charge in [0.1, 0.15) is 0 Å². The molecular weight excluding hydrogens is 172 g/mol. The van der Waals surface area contributed by atoms with Gasteiger partial charge >= 0.3 is 0 Å². The summed E-state index contributed by atoms with van der Waals surface area (Å²) in [4.78, 5) is 0. The maximum Gasteiger partial charge on any atom is 0.0777 e. The lowest BCUT2D eigenvalue weighted by Crippen LogP contribution is -2.58. The molecule has 4 nitrogen and oxygen atoms in total. The predicted molar refractivity (Wildman–Crippen MR) is 28.7 cm³/mol. The average Bonchev–Trinajstić information content (AvgIpc) is 1.88. The summed E-state index contributed by atoms with van der Waals surface area (Å²) < 4.78 is 32.7. The summed E-state index contributed by atoms with van der Waals surface area (Å²) in [7, 11) is -4.69. The molecule has 0 saturated carbocycles. The second-order valence-corrected chi connectivity index (χ2v) is 2.34. The van der Waals surface area contributed by atoms with Crippen molar-refractivity contribution in [2.75, 3.05) is 0 Å². The van der Waals surface area contributed by atoms with E-state index in [9.17, 15) is 0 Å². The van der Waals surface area contributed by atoms with Crippen LogP contribution in [0.4, 0.5) is 0 Å². The normalized spacial score (nSPS) is 9.82. The Labute approximate surface area is 66.1 Å². The summed E-state index contributed by atoms with van der Waals surface area (Å²) >= 11 is 0. The number of rotatable bonds is 0. The summed E-state index contributed by atoms with van der Waals surface area (Å²) in [5.74, 6) is 0. The number of hydrogen-bond acceptors (Lipinski definition) is 4. The van der Waals surface area contributed by atoms with Gasteiger partial charge in [0.25, 0.3) is 0 Å². The zero-order chi connectivity index (χ0) is 8.74. The fourth-order valence-electron chi connectivity index (χ4n) is 0.385. The van der Waals surface area contributed by atoms with Gasteiger partial charge in [-0.25, -0.2) is 0 Å². The summed E-state index contributed by atoms with van der Waals surface area (Å²) in [5.41, 5.74) is 0. The lowest BCUT2D eigenvalue weighted by atomic mass is 10.4. The van der Waals surface area contributed by atoms with Crippen molar-refractivity contribution in [3.05, 3.63) is 36.4 Å². The Morgan fingerprint density at radius 1 is 0.727 bits per heavy atom. The van der Waals surface area contributed by atoms with Gasteiger partial charge in [-0.15, -0.1) is 0 Å². The van der Waals surface area contributed by atoms with Crippen molar-refractivity contribution < 1.29 is 28.9 Å². The highest BCUT2D eigenvalue weighted by molar-refractivity contribution is 4.99. The highest BCUT2D eigenvalue weighted by Crippen LogP contribution is 1.79. The van der Waals surface area contributed by atoms with E-state index in [0.29, 0.717) is 0 Å². The molecule has 1 aromatic rings. The molecule has 0 bridgehead atoms. The van der Waals surface area contributed by atoms with E-state index in [-0.39, 0.29) is 0 Å². The number of benzene rings is 1. The molecule has 0 aliphatic heterocycles. The lowest BCUT2D eigenvalue weighted by Gasteiger charge is -2.03. The van der Waals surface area contributed by atoms with Gasteiger partial charge in [0.15, 0.2) is 0 Å². The quantitative estimate of drug-likeness (QED) is 0.478. The maximum absolute atomic E-state index is 8.60. The van der Waals surface area contributed by atoms with E-state index < -0.39 is 10.2 Å². The molecule has 0 heterocycles. The number of halogens is 1. The zero-order valence-corrected chi connectivity index (χ0v) is 6.27. The average molecular weight is 179 g/mol. The van der Waals surface area contributed by atoms with Gasteiger partial charge in [-0.05, 0) is 0 Å². The van der Waals surface area contributed by atoms with Gasteiger partial charge in [0, 0.05) is 0 Å². The third-order valence-electron chi connectivity index (χ3n) is 0.667. The molecule has 1 rings (SSSR count). The van der Waals surface area contributed by atoms with E-state index in [1.54, 1.807) is 0 Å². The Bertz CT molecular complexity index is 139. The Morgan fingerprint density at radius 3 is 0.909 bits per heavy atom. The van der Waals surface area contributed by atoms with Crippen molar-refractivity contribution in [3.63, 3.8) is 0 Å². The van der Waals surface area contributed by atoms with Crippen molar-refractivity contribution >= 4 is 0 Å². The van der Waals surface area contributed by atoms with Crippen LogP contribution >= 0.6 is 0 Å². The van der Waals surface area contributed by atoms with E-state index in [2.05, 4.69) is 0 Å². The highest BCUT2D eigenvalue weighted by atomic mass is 35.7. The van der Waals surface area contributed by atoms with Crippen molar-refractivity contribution in [2.45, 2.75) is 0 Å². The van der Waals surface area contributed by atoms with Gasteiger partial charge in [0.05, 0.1) is 14.9 Å². The van der Waals surface area contributed by atoms with Crippen LogP contribution in [0.5, 0.6) is 0 Å². The van der Waals surface area contributed by atoms with Crippen LogP contribution in [0.3, 0.4) is 0 Å². The van der Waals surface area contributed by atoms with Crippen molar-refractivity contribution in [2.24, 2.45) is 0 Å². The Hall–Kier alpha value is -0.650. The minimum absolute atomic E-state index is 2.00. The van der Waals surface area contributed by atoms with Gasteiger partial charge in [-0.2, -0.15) is 14.0 Å². The molecular formula is C6H7ClO4. The van der Waals surface area contributed by atoms with E-state index in [0.717, 1.165) is 0 Å². The second kappa shape index (κ2) is 5.06. The molecule has 0 radical (unpaired) electrons. The Balaban J connectivity index is 0.000000187. The Kier molecular flexibility index (Phi) is 4.76. The summed E-state index contributed by atoms with van der Waals surface area (Å²) in [5, 5.41) is 0. The topological polar surface area (TPSA) is 89.4 Å². The predicted octanol–water partition coefficient (Wildman–Crippen LogP) is -2.44. The fraction of sp³-hybridized carbons (Fsp3) is 0. The van der Waals surface area contributed by atoms with Crippen LogP contribution < -0.4 is 14.0 Å². The second-order valence-electron chi connectivity index (χ2n) is 1.55. The van der Waals surface area contributed by atoms with E-state index >= 15 is 0 Å². The van der Waals surface area contributed by atoms with E-state index in [4.69, 9.17) is 18.6 Å². The molecule has 1 aromatic carbocycles. The fourth-order valence-corrected chi connectivity index (χ4v) is 0.385. The molecule has 0 atom stereocenters. The third-order valence-corrected chi connectivity index (χ3v) is 0.667. The Morgan fingerprint density at radius 2 is 0.818 bits per heavy atom. The molecule has 0 saturated heterocycles. The van der Waals surface area contributed by atoms with Crippen molar-refractivity contribution in [1.82, 2.24) is 0 Å². The molecule has 0 spiro atoms. The molecule has 0 fully saturated rings. The largest absolute Gasteiger partial charge is 0.183 e. The first-order valence-electron chi connectivity index (χ1n) is 2.63. The van der Waals surface area contributed by atoms with Crippen LogP contribution in [0.1, 0.15) is 0 Å². The first-order valence-corrected chi connectivity index (χ1v) is 3.90. The van der Waals surface area contributed by atoms with Gasteiger partial charge in [-0.3, -0.25) is 0 Å². The molecule has 0 aromatic heterocycles. The minimum atomic E-state index is -4.69. The minimum Gasteiger partial charge on any atom is -0.183 e. The molecule has 1 N–H and O–H groups in total. The van der Waals surface area contributed by atoms with Crippen molar-refractivity contribution in [1.29, 1.82) is 0 Å². The van der Waals surface area contributed by atoms with Crippen LogP contribution in [0, 0.1) is 10.2 Å². The first kappa shape index (κ1) is 10.3. The molecule has 0 amide bonds. The molecule has 0 unspecified atom stereocenters. The van der Waals surface area contributed by atoms with Crippen molar-refractivity contribution in [3.8, 4) is 0 Å². The zero-order valence-electron chi connectivity index (χ0n) is 5.51. The van der Waals surface area contributed by atoms with Crippen LogP contribution in [0.15, 0.2) is 36.4 Å². The van der Waals surface area contributed by atoms with Gasteiger partial charge in [0.2, 0.25) is 0 Å². The van der Waals surface area contributed by atoms with Crippen LogP contribution in [-0.2, 0) is 0 Å². The van der Waals surface area contributed by atoms with E-state index in [1.807, 2.05) is 36.4 Å².